The lowest BCUT2D eigenvalue weighted by molar-refractivity contribution is -0.120. The number of carbonyl (C=O) groups is 1. The highest BCUT2D eigenvalue weighted by atomic mass is 16.5. The summed E-state index contributed by atoms with van der Waals surface area (Å²) in [5.74, 6) is 0.567. The summed E-state index contributed by atoms with van der Waals surface area (Å²) in [6.45, 7) is 6.26. The molecule has 0 N–H and O–H groups in total. The summed E-state index contributed by atoms with van der Waals surface area (Å²) in [5.41, 5.74) is 1.68. The average molecular weight is 233 g/mol. The Hall–Kier alpha value is -1.97. The van der Waals surface area contributed by atoms with Gasteiger partial charge in [-0.15, -0.1) is 0 Å². The Morgan fingerprint density at radius 1 is 1.35 bits per heavy atom. The van der Waals surface area contributed by atoms with E-state index in [4.69, 9.17) is 9.15 Å². The first-order valence-corrected chi connectivity index (χ1v) is 5.66. The Labute approximate surface area is 99.8 Å². The predicted octanol–water partition coefficient (Wildman–Crippen LogP) is 2.81. The zero-order valence-electron chi connectivity index (χ0n) is 9.97. The highest BCUT2D eigenvalue weighted by Gasteiger charge is 2.12. The van der Waals surface area contributed by atoms with Gasteiger partial charge in [0.15, 0.2) is 5.75 Å². The maximum absolute atomic E-state index is 10.5. The van der Waals surface area contributed by atoms with Crippen molar-refractivity contribution in [1.82, 2.24) is 0 Å². The lowest BCUT2D eigenvalue weighted by Crippen LogP contribution is -2.22. The van der Waals surface area contributed by atoms with Crippen molar-refractivity contribution >= 4 is 23.1 Å². The van der Waals surface area contributed by atoms with E-state index in [9.17, 15) is 4.79 Å². The highest BCUT2D eigenvalue weighted by Crippen LogP contribution is 2.33. The largest absolute Gasteiger partial charge is 0.464 e. The number of hydrogen-bond donors (Lipinski definition) is 0. The van der Waals surface area contributed by atoms with Gasteiger partial charge < -0.3 is 14.1 Å². The molecule has 0 aliphatic heterocycles. The first-order chi connectivity index (χ1) is 8.30. The Bertz CT molecular complexity index is 514. The number of ether oxygens (including phenoxy) is 1. The van der Waals surface area contributed by atoms with E-state index in [0.29, 0.717) is 12.2 Å². The van der Waals surface area contributed by atoms with Gasteiger partial charge in [0.25, 0.3) is 6.47 Å². The minimum absolute atomic E-state index is 0.453. The van der Waals surface area contributed by atoms with E-state index in [-0.39, 0.29) is 0 Å². The topological polar surface area (TPSA) is 42.7 Å². The minimum atomic E-state index is 0.453. The second kappa shape index (κ2) is 4.91. The van der Waals surface area contributed by atoms with Crippen LogP contribution in [0.15, 0.2) is 28.9 Å². The van der Waals surface area contributed by atoms with Crippen LogP contribution in [-0.2, 0) is 4.79 Å². The summed E-state index contributed by atoms with van der Waals surface area (Å²) < 4.78 is 10.4. The summed E-state index contributed by atoms with van der Waals surface area (Å²) in [4.78, 5) is 12.6. The monoisotopic (exact) mass is 233 g/mol. The molecular weight excluding hydrogens is 218 g/mol. The maximum atomic E-state index is 10.5. The van der Waals surface area contributed by atoms with Crippen LogP contribution in [-0.4, -0.2) is 19.6 Å². The number of fused-ring (bicyclic) bond motifs is 1. The minimum Gasteiger partial charge on any atom is -0.464 e. The smallest absolute Gasteiger partial charge is 0.298 e. The van der Waals surface area contributed by atoms with Gasteiger partial charge in [0.1, 0.15) is 5.58 Å². The zero-order valence-corrected chi connectivity index (χ0v) is 9.97. The number of nitrogens with zero attached hydrogens (tertiary/aromatic N) is 1. The van der Waals surface area contributed by atoms with E-state index in [2.05, 4.69) is 18.7 Å². The molecule has 0 bridgehead atoms. The van der Waals surface area contributed by atoms with Gasteiger partial charge >= 0.3 is 0 Å². The van der Waals surface area contributed by atoms with Crippen LogP contribution in [0.2, 0.25) is 0 Å². The normalized spacial score (nSPS) is 10.5. The molecule has 1 aromatic heterocycles. The lowest BCUT2D eigenvalue weighted by Gasteiger charge is -2.22. The molecule has 0 radical (unpaired) electrons. The summed E-state index contributed by atoms with van der Waals surface area (Å²) in [6, 6.07) is 5.57. The molecule has 1 heterocycles. The fraction of sp³-hybridized carbons (Fsp3) is 0.308. The van der Waals surface area contributed by atoms with Gasteiger partial charge in [-0.05, 0) is 26.0 Å². The molecule has 90 valence electrons. The van der Waals surface area contributed by atoms with Crippen molar-refractivity contribution in [3.63, 3.8) is 0 Å². The van der Waals surface area contributed by atoms with Crippen molar-refractivity contribution < 1.29 is 13.9 Å². The fourth-order valence-electron chi connectivity index (χ4n) is 1.94. The average Bonchev–Trinajstić information content (AvgIpc) is 2.78. The summed E-state index contributed by atoms with van der Waals surface area (Å²) in [7, 11) is 0. The molecule has 2 rings (SSSR count). The Morgan fingerprint density at radius 2 is 2.12 bits per heavy atom. The van der Waals surface area contributed by atoms with E-state index in [1.807, 2.05) is 18.2 Å². The molecule has 0 spiro atoms. The number of hydrogen-bond acceptors (Lipinski definition) is 4. The van der Waals surface area contributed by atoms with Crippen LogP contribution < -0.4 is 9.64 Å². The molecule has 0 saturated heterocycles. The second-order valence-electron chi connectivity index (χ2n) is 3.66. The van der Waals surface area contributed by atoms with Gasteiger partial charge in [-0.25, -0.2) is 0 Å². The molecule has 0 fully saturated rings. The third kappa shape index (κ3) is 2.11. The number of carbonyl (C=O) groups excluding carboxylic acids is 1. The van der Waals surface area contributed by atoms with Crippen molar-refractivity contribution in [3.05, 3.63) is 24.5 Å². The third-order valence-electron chi connectivity index (χ3n) is 2.81. The summed E-state index contributed by atoms with van der Waals surface area (Å²) in [5, 5.41) is 0.928. The molecule has 4 heteroatoms. The van der Waals surface area contributed by atoms with Crippen LogP contribution in [0.5, 0.6) is 5.75 Å². The van der Waals surface area contributed by atoms with Crippen LogP contribution in [0.25, 0.3) is 11.0 Å². The van der Waals surface area contributed by atoms with Crippen molar-refractivity contribution in [2.45, 2.75) is 13.8 Å². The van der Waals surface area contributed by atoms with Crippen LogP contribution in [0.3, 0.4) is 0 Å². The SMILES string of the molecule is CCN(CC)c1cc2occc2cc1OC=O. The Balaban J connectivity index is 2.55. The van der Waals surface area contributed by atoms with Crippen molar-refractivity contribution in [1.29, 1.82) is 0 Å². The van der Waals surface area contributed by atoms with Gasteiger partial charge in [-0.3, -0.25) is 4.79 Å². The predicted molar refractivity (Wildman–Crippen MR) is 66.5 cm³/mol. The molecule has 0 aliphatic rings. The number of benzene rings is 1. The Morgan fingerprint density at radius 3 is 2.76 bits per heavy atom. The maximum Gasteiger partial charge on any atom is 0.298 e. The van der Waals surface area contributed by atoms with Crippen molar-refractivity contribution in [2.75, 3.05) is 18.0 Å². The molecule has 0 amide bonds. The molecule has 1 aromatic carbocycles. The van der Waals surface area contributed by atoms with Crippen LogP contribution in [0.1, 0.15) is 13.8 Å². The van der Waals surface area contributed by atoms with Gasteiger partial charge in [0, 0.05) is 24.5 Å². The highest BCUT2D eigenvalue weighted by molar-refractivity contribution is 5.85. The first kappa shape index (κ1) is 11.5. The van der Waals surface area contributed by atoms with E-state index in [0.717, 1.165) is 29.7 Å². The summed E-state index contributed by atoms with van der Waals surface area (Å²) in [6.07, 6.45) is 1.63. The molecule has 0 saturated carbocycles. The lowest BCUT2D eigenvalue weighted by atomic mass is 10.2. The zero-order chi connectivity index (χ0) is 12.3. The summed E-state index contributed by atoms with van der Waals surface area (Å²) >= 11 is 0. The van der Waals surface area contributed by atoms with Gasteiger partial charge in [-0.2, -0.15) is 0 Å². The molecule has 0 unspecified atom stereocenters. The fourth-order valence-corrected chi connectivity index (χ4v) is 1.94. The molecule has 0 atom stereocenters. The number of furan rings is 1. The van der Waals surface area contributed by atoms with E-state index in [1.54, 1.807) is 6.26 Å². The van der Waals surface area contributed by atoms with Gasteiger partial charge in [0.05, 0.1) is 12.0 Å². The van der Waals surface area contributed by atoms with Gasteiger partial charge in [0.2, 0.25) is 0 Å². The molecule has 0 aliphatic carbocycles. The molecule has 17 heavy (non-hydrogen) atoms. The van der Waals surface area contributed by atoms with E-state index >= 15 is 0 Å². The quantitative estimate of drug-likeness (QED) is 0.745. The standard InChI is InChI=1S/C13H15NO3/c1-3-14(4-2)11-8-12-10(5-6-16-12)7-13(11)17-9-15/h5-9H,3-4H2,1-2H3. The Kier molecular flexibility index (Phi) is 3.32. The van der Waals surface area contributed by atoms with Gasteiger partial charge in [-0.1, -0.05) is 0 Å². The van der Waals surface area contributed by atoms with Crippen molar-refractivity contribution in [2.24, 2.45) is 0 Å². The van der Waals surface area contributed by atoms with Crippen LogP contribution in [0.4, 0.5) is 5.69 Å². The van der Waals surface area contributed by atoms with E-state index in [1.165, 1.54) is 0 Å². The third-order valence-corrected chi connectivity index (χ3v) is 2.81. The molecule has 2 aromatic rings. The van der Waals surface area contributed by atoms with E-state index < -0.39 is 0 Å². The van der Waals surface area contributed by atoms with Crippen LogP contribution in [0, 0.1) is 0 Å². The molecular formula is C13H15NO3. The van der Waals surface area contributed by atoms with Crippen molar-refractivity contribution in [3.8, 4) is 5.75 Å². The number of anilines is 1. The number of rotatable bonds is 5. The molecule has 4 nitrogen and oxygen atoms in total. The second-order valence-corrected chi connectivity index (χ2v) is 3.66. The first-order valence-electron chi connectivity index (χ1n) is 5.66. The van der Waals surface area contributed by atoms with Crippen LogP contribution >= 0.6 is 0 Å².